The molecule has 2 aromatic heterocycles. The number of hydrogen-bond acceptors (Lipinski definition) is 5. The molecule has 1 fully saturated rings. The van der Waals surface area contributed by atoms with Gasteiger partial charge in [0.25, 0.3) is 5.91 Å². The number of rotatable bonds is 4. The Balaban J connectivity index is 1.54. The van der Waals surface area contributed by atoms with Crippen LogP contribution in [0.15, 0.2) is 12.1 Å². The van der Waals surface area contributed by atoms with Crippen LogP contribution in [0.3, 0.4) is 0 Å². The molecule has 4 rings (SSSR count). The van der Waals surface area contributed by atoms with Crippen molar-refractivity contribution in [2.24, 2.45) is 0 Å². The van der Waals surface area contributed by atoms with Crippen molar-refractivity contribution < 1.29 is 14.3 Å². The van der Waals surface area contributed by atoms with Gasteiger partial charge in [0.05, 0.1) is 19.9 Å². The first-order valence-electron chi connectivity index (χ1n) is 8.65. The molecule has 0 bridgehead atoms. The van der Waals surface area contributed by atoms with E-state index in [1.54, 1.807) is 12.1 Å². The number of amides is 1. The topological polar surface area (TPSA) is 80.3 Å². The molecule has 3 heterocycles. The van der Waals surface area contributed by atoms with Crippen LogP contribution in [-0.4, -0.2) is 53.3 Å². The molecule has 7 nitrogen and oxygen atoms in total. The molecule has 0 saturated heterocycles. The molecule has 1 amide bonds. The lowest BCUT2D eigenvalue weighted by molar-refractivity contribution is 0.0758. The van der Waals surface area contributed by atoms with Gasteiger partial charge in [-0.15, -0.1) is 0 Å². The standard InChI is InChI=1S/C18H22N4O3/c1-24-15-6-5-13(17(19-15)25-2)18(23)22-9-7-12-14(8-10-22)20-21-16(12)11-3-4-11/h5-6,11H,3-4,7-10H2,1-2H3,(H,20,21). The predicted octanol–water partition coefficient (Wildman–Crippen LogP) is 1.94. The van der Waals surface area contributed by atoms with Gasteiger partial charge in [-0.05, 0) is 30.9 Å². The third kappa shape index (κ3) is 2.94. The summed E-state index contributed by atoms with van der Waals surface area (Å²) in [6, 6.07) is 3.40. The quantitative estimate of drug-likeness (QED) is 0.918. The van der Waals surface area contributed by atoms with Gasteiger partial charge in [0.2, 0.25) is 11.8 Å². The second-order valence-corrected chi connectivity index (χ2v) is 6.54. The van der Waals surface area contributed by atoms with E-state index < -0.39 is 0 Å². The normalized spacial score (nSPS) is 17.0. The number of aromatic amines is 1. The highest BCUT2D eigenvalue weighted by Gasteiger charge is 2.32. The molecule has 25 heavy (non-hydrogen) atoms. The van der Waals surface area contributed by atoms with Gasteiger partial charge in [-0.3, -0.25) is 9.89 Å². The van der Waals surface area contributed by atoms with Crippen LogP contribution in [0.2, 0.25) is 0 Å². The lowest BCUT2D eigenvalue weighted by atomic mass is 10.1. The summed E-state index contributed by atoms with van der Waals surface area (Å²) < 4.78 is 10.4. The fourth-order valence-corrected chi connectivity index (χ4v) is 3.43. The molecular weight excluding hydrogens is 320 g/mol. The molecule has 0 radical (unpaired) electrons. The Labute approximate surface area is 146 Å². The minimum Gasteiger partial charge on any atom is -0.481 e. The first-order chi connectivity index (χ1) is 12.2. The van der Waals surface area contributed by atoms with E-state index in [2.05, 4.69) is 15.2 Å². The highest BCUT2D eigenvalue weighted by molar-refractivity contribution is 5.96. The summed E-state index contributed by atoms with van der Waals surface area (Å²) in [4.78, 5) is 19.1. The van der Waals surface area contributed by atoms with Gasteiger partial charge in [0.15, 0.2) is 0 Å². The number of ether oxygens (including phenoxy) is 2. The predicted molar refractivity (Wildman–Crippen MR) is 91.2 cm³/mol. The number of H-pyrrole nitrogens is 1. The summed E-state index contributed by atoms with van der Waals surface area (Å²) in [5.41, 5.74) is 4.18. The second kappa shape index (κ2) is 6.38. The van der Waals surface area contributed by atoms with Gasteiger partial charge in [-0.1, -0.05) is 0 Å². The number of fused-ring (bicyclic) bond motifs is 1. The Morgan fingerprint density at radius 3 is 2.72 bits per heavy atom. The van der Waals surface area contributed by atoms with E-state index in [1.165, 1.54) is 44.0 Å². The van der Waals surface area contributed by atoms with Crippen molar-refractivity contribution in [2.75, 3.05) is 27.3 Å². The van der Waals surface area contributed by atoms with E-state index in [4.69, 9.17) is 9.47 Å². The molecule has 1 N–H and O–H groups in total. The van der Waals surface area contributed by atoms with Crippen molar-refractivity contribution >= 4 is 5.91 Å². The van der Waals surface area contributed by atoms with Crippen LogP contribution in [0.5, 0.6) is 11.8 Å². The molecule has 0 atom stereocenters. The van der Waals surface area contributed by atoms with Crippen molar-refractivity contribution in [3.63, 3.8) is 0 Å². The first-order valence-corrected chi connectivity index (χ1v) is 8.65. The highest BCUT2D eigenvalue weighted by Crippen LogP contribution is 2.41. The van der Waals surface area contributed by atoms with Crippen LogP contribution in [-0.2, 0) is 12.8 Å². The Bertz CT molecular complexity index is 798. The molecule has 7 heteroatoms. The van der Waals surface area contributed by atoms with Gasteiger partial charge >= 0.3 is 0 Å². The largest absolute Gasteiger partial charge is 0.481 e. The smallest absolute Gasteiger partial charge is 0.259 e. The summed E-state index contributed by atoms with van der Waals surface area (Å²) in [5.74, 6) is 1.29. The highest BCUT2D eigenvalue weighted by atomic mass is 16.5. The average Bonchev–Trinajstić information content (AvgIpc) is 3.45. The van der Waals surface area contributed by atoms with Gasteiger partial charge in [-0.25, -0.2) is 0 Å². The van der Waals surface area contributed by atoms with Crippen LogP contribution in [0, 0.1) is 0 Å². The molecule has 132 valence electrons. The van der Waals surface area contributed by atoms with Crippen LogP contribution < -0.4 is 9.47 Å². The van der Waals surface area contributed by atoms with E-state index in [-0.39, 0.29) is 5.91 Å². The fourth-order valence-electron chi connectivity index (χ4n) is 3.43. The molecule has 1 saturated carbocycles. The molecule has 1 aliphatic carbocycles. The molecule has 2 aromatic rings. The number of pyridine rings is 1. The SMILES string of the molecule is COc1ccc(C(=O)N2CCc3[nH]nc(C4CC4)c3CC2)c(OC)n1. The van der Waals surface area contributed by atoms with E-state index in [9.17, 15) is 4.79 Å². The lowest BCUT2D eigenvalue weighted by Gasteiger charge is -2.21. The summed E-state index contributed by atoms with van der Waals surface area (Å²) in [6.45, 7) is 1.34. The molecule has 0 unspecified atom stereocenters. The van der Waals surface area contributed by atoms with Gasteiger partial charge in [0, 0.05) is 37.2 Å². The van der Waals surface area contributed by atoms with Crippen LogP contribution in [0.4, 0.5) is 0 Å². The number of aromatic nitrogens is 3. The maximum absolute atomic E-state index is 13.0. The fraction of sp³-hybridized carbons (Fsp3) is 0.500. The van der Waals surface area contributed by atoms with Gasteiger partial charge in [-0.2, -0.15) is 10.1 Å². The van der Waals surface area contributed by atoms with E-state index in [0.29, 0.717) is 36.3 Å². The molecule has 1 aliphatic heterocycles. The Hall–Kier alpha value is -2.57. The number of carbonyl (C=O) groups is 1. The monoisotopic (exact) mass is 342 g/mol. The average molecular weight is 342 g/mol. The zero-order valence-electron chi connectivity index (χ0n) is 14.5. The minimum atomic E-state index is -0.0573. The number of hydrogen-bond donors (Lipinski definition) is 1. The Kier molecular flexibility index (Phi) is 4.07. The number of nitrogens with one attached hydrogen (secondary N) is 1. The third-order valence-electron chi connectivity index (χ3n) is 4.97. The number of methoxy groups -OCH3 is 2. The zero-order chi connectivity index (χ0) is 17.4. The van der Waals surface area contributed by atoms with Crippen LogP contribution in [0.25, 0.3) is 0 Å². The molecular formula is C18H22N4O3. The lowest BCUT2D eigenvalue weighted by Crippen LogP contribution is -2.33. The maximum Gasteiger partial charge on any atom is 0.259 e. The van der Waals surface area contributed by atoms with Crippen molar-refractivity contribution in [2.45, 2.75) is 31.6 Å². The third-order valence-corrected chi connectivity index (χ3v) is 4.97. The van der Waals surface area contributed by atoms with E-state index >= 15 is 0 Å². The summed E-state index contributed by atoms with van der Waals surface area (Å²) in [6.07, 6.45) is 4.10. The maximum atomic E-state index is 13.0. The van der Waals surface area contributed by atoms with Crippen LogP contribution >= 0.6 is 0 Å². The minimum absolute atomic E-state index is 0.0573. The summed E-state index contributed by atoms with van der Waals surface area (Å²) in [5, 5.41) is 7.69. The molecule has 2 aliphatic rings. The first kappa shape index (κ1) is 15.9. The van der Waals surface area contributed by atoms with Crippen molar-refractivity contribution in [3.05, 3.63) is 34.6 Å². The van der Waals surface area contributed by atoms with Gasteiger partial charge in [0.1, 0.15) is 5.56 Å². The number of carbonyl (C=O) groups excluding carboxylic acids is 1. The van der Waals surface area contributed by atoms with Crippen molar-refractivity contribution in [3.8, 4) is 11.8 Å². The van der Waals surface area contributed by atoms with Crippen molar-refractivity contribution in [1.29, 1.82) is 0 Å². The Morgan fingerprint density at radius 2 is 2.00 bits per heavy atom. The van der Waals surface area contributed by atoms with E-state index in [1.807, 2.05) is 4.90 Å². The zero-order valence-corrected chi connectivity index (χ0v) is 14.5. The van der Waals surface area contributed by atoms with E-state index in [0.717, 1.165) is 12.8 Å². The van der Waals surface area contributed by atoms with Crippen molar-refractivity contribution in [1.82, 2.24) is 20.1 Å². The summed E-state index contributed by atoms with van der Waals surface area (Å²) in [7, 11) is 3.05. The Morgan fingerprint density at radius 1 is 1.20 bits per heavy atom. The van der Waals surface area contributed by atoms with Gasteiger partial charge < -0.3 is 14.4 Å². The van der Waals surface area contributed by atoms with Crippen LogP contribution in [0.1, 0.15) is 46.1 Å². The molecule has 0 aromatic carbocycles. The second-order valence-electron chi connectivity index (χ2n) is 6.54. The molecule has 0 spiro atoms. The summed E-state index contributed by atoms with van der Waals surface area (Å²) >= 11 is 0. The number of nitrogens with zero attached hydrogens (tertiary/aromatic N) is 3.